The molecule has 0 fully saturated rings. The zero-order chi connectivity index (χ0) is 19.6. The Labute approximate surface area is 165 Å². The average Bonchev–Trinajstić information content (AvgIpc) is 2.82. The molecule has 0 aliphatic carbocycles. The van der Waals surface area contributed by atoms with Gasteiger partial charge in [0, 0.05) is 6.54 Å². The molecule has 3 rings (SSSR count). The molecule has 146 valence electrons. The first-order valence-corrected chi connectivity index (χ1v) is 10.6. The first-order valence-electron chi connectivity index (χ1n) is 8.84. The van der Waals surface area contributed by atoms with Gasteiger partial charge < -0.3 is 4.90 Å². The lowest BCUT2D eigenvalue weighted by Crippen LogP contribution is -2.36. The molecule has 0 spiro atoms. The van der Waals surface area contributed by atoms with Gasteiger partial charge in [-0.05, 0) is 63.8 Å². The number of hydrogen-bond donors (Lipinski definition) is 0. The van der Waals surface area contributed by atoms with Crippen LogP contribution < -0.4 is 8.61 Å². The zero-order valence-corrected chi connectivity index (χ0v) is 17.0. The Balaban J connectivity index is 1.89. The molecule has 0 radical (unpaired) electrons. The number of nitrogens with zero attached hydrogens (tertiary/aromatic N) is 3. The molecule has 0 bridgehead atoms. The molecule has 1 aliphatic heterocycles. The lowest BCUT2D eigenvalue weighted by Gasteiger charge is -2.22. The highest BCUT2D eigenvalue weighted by Gasteiger charge is 2.41. The molecule has 1 aliphatic rings. The Bertz CT molecular complexity index is 921. The van der Waals surface area contributed by atoms with E-state index in [4.69, 9.17) is 11.6 Å². The van der Waals surface area contributed by atoms with Crippen molar-refractivity contribution in [3.05, 3.63) is 53.3 Å². The van der Waals surface area contributed by atoms with Crippen molar-refractivity contribution in [2.45, 2.75) is 19.3 Å². The topological polar surface area (TPSA) is 43.9 Å². The van der Waals surface area contributed by atoms with Crippen LogP contribution in [-0.2, 0) is 10.2 Å². The van der Waals surface area contributed by atoms with Crippen LogP contribution in [-0.4, -0.2) is 40.5 Å². The molecule has 0 N–H and O–H groups in total. The van der Waals surface area contributed by atoms with Gasteiger partial charge >= 0.3 is 10.2 Å². The molecular weight excluding hydrogens is 389 g/mol. The maximum atomic E-state index is 13.4. The maximum absolute atomic E-state index is 13.4. The maximum Gasteiger partial charge on any atom is 0.331 e. The minimum atomic E-state index is -3.83. The third kappa shape index (κ3) is 4.05. The number of para-hydroxylation sites is 2. The average molecular weight is 412 g/mol. The summed E-state index contributed by atoms with van der Waals surface area (Å²) in [7, 11) is 0.209. The van der Waals surface area contributed by atoms with E-state index < -0.39 is 16.0 Å². The number of fused-ring (bicyclic) bond motifs is 1. The van der Waals surface area contributed by atoms with Crippen molar-refractivity contribution < 1.29 is 12.8 Å². The fourth-order valence-electron chi connectivity index (χ4n) is 3.19. The first kappa shape index (κ1) is 19.9. The van der Waals surface area contributed by atoms with E-state index in [0.29, 0.717) is 17.9 Å². The van der Waals surface area contributed by atoms with Gasteiger partial charge in [-0.1, -0.05) is 30.2 Å². The van der Waals surface area contributed by atoms with Gasteiger partial charge in [-0.15, -0.1) is 0 Å². The summed E-state index contributed by atoms with van der Waals surface area (Å²) in [6, 6.07) is 10.8. The van der Waals surface area contributed by atoms with Crippen LogP contribution in [0.2, 0.25) is 5.02 Å². The van der Waals surface area contributed by atoms with Crippen LogP contribution in [0.3, 0.4) is 0 Å². The fourth-order valence-corrected chi connectivity index (χ4v) is 5.26. The third-order valence-electron chi connectivity index (χ3n) is 4.47. The highest BCUT2D eigenvalue weighted by molar-refractivity contribution is 7.95. The minimum Gasteiger partial charge on any atom is -0.309 e. The first-order chi connectivity index (χ1) is 12.8. The Morgan fingerprint density at radius 2 is 1.70 bits per heavy atom. The van der Waals surface area contributed by atoms with E-state index in [1.165, 1.54) is 20.7 Å². The second kappa shape index (κ2) is 8.04. The Kier molecular flexibility index (Phi) is 5.93. The summed E-state index contributed by atoms with van der Waals surface area (Å²) < 4.78 is 42.5. The number of anilines is 3. The summed E-state index contributed by atoms with van der Waals surface area (Å²) in [6.07, 6.45) is 2.70. The van der Waals surface area contributed by atoms with E-state index in [1.807, 2.05) is 20.2 Å². The summed E-state index contributed by atoms with van der Waals surface area (Å²) >= 11 is 6.16. The molecule has 1 heterocycles. The van der Waals surface area contributed by atoms with Crippen LogP contribution in [0.4, 0.5) is 21.5 Å². The monoisotopic (exact) mass is 411 g/mol. The van der Waals surface area contributed by atoms with E-state index >= 15 is 0 Å². The predicted molar refractivity (Wildman–Crippen MR) is 109 cm³/mol. The molecule has 0 atom stereocenters. The Morgan fingerprint density at radius 3 is 2.37 bits per heavy atom. The van der Waals surface area contributed by atoms with Gasteiger partial charge in [0.2, 0.25) is 0 Å². The highest BCUT2D eigenvalue weighted by atomic mass is 35.5. The van der Waals surface area contributed by atoms with E-state index in [2.05, 4.69) is 4.90 Å². The summed E-state index contributed by atoms with van der Waals surface area (Å²) in [5.41, 5.74) is 1.39. The van der Waals surface area contributed by atoms with Crippen LogP contribution in [0.25, 0.3) is 0 Å². The standard InChI is InChI=1S/C19H23ClFN3O2S/c1-22(2)12-6-3-7-13-23-18-8-4-5-9-19(18)24(27(23,25)26)17-11-10-15(21)14-16(17)20/h4-5,8-11,14H,3,6-7,12-13H2,1-2H3. The summed E-state index contributed by atoms with van der Waals surface area (Å²) in [6.45, 7) is 1.36. The lowest BCUT2D eigenvalue weighted by atomic mass is 10.2. The van der Waals surface area contributed by atoms with Crippen molar-refractivity contribution in [1.29, 1.82) is 0 Å². The largest absolute Gasteiger partial charge is 0.331 e. The normalized spacial score (nSPS) is 15.4. The highest BCUT2D eigenvalue weighted by Crippen LogP contribution is 2.47. The SMILES string of the molecule is CN(C)CCCCCN1c2ccccc2N(c2ccc(F)cc2Cl)S1(=O)=O. The summed E-state index contributed by atoms with van der Waals surface area (Å²) in [5.74, 6) is -0.508. The van der Waals surface area contributed by atoms with Crippen LogP contribution in [0.1, 0.15) is 19.3 Å². The van der Waals surface area contributed by atoms with E-state index in [0.717, 1.165) is 31.9 Å². The van der Waals surface area contributed by atoms with Gasteiger partial charge in [0.05, 0.1) is 22.1 Å². The number of benzene rings is 2. The van der Waals surface area contributed by atoms with Gasteiger partial charge in [-0.25, -0.2) is 8.70 Å². The Morgan fingerprint density at radius 1 is 1.00 bits per heavy atom. The van der Waals surface area contributed by atoms with Crippen LogP contribution in [0.15, 0.2) is 42.5 Å². The third-order valence-corrected chi connectivity index (χ3v) is 6.57. The van der Waals surface area contributed by atoms with Crippen molar-refractivity contribution in [3.63, 3.8) is 0 Å². The lowest BCUT2D eigenvalue weighted by molar-refractivity contribution is 0.392. The molecule has 0 saturated heterocycles. The summed E-state index contributed by atoms with van der Waals surface area (Å²) in [5, 5.41) is 0.0567. The van der Waals surface area contributed by atoms with E-state index in [9.17, 15) is 12.8 Å². The predicted octanol–water partition coefficient (Wildman–Crippen LogP) is 4.41. The number of halogens is 2. The molecular formula is C19H23ClFN3O2S. The molecule has 0 aromatic heterocycles. The van der Waals surface area contributed by atoms with E-state index in [1.54, 1.807) is 18.2 Å². The van der Waals surface area contributed by atoms with Gasteiger partial charge in [-0.3, -0.25) is 4.31 Å². The summed E-state index contributed by atoms with van der Waals surface area (Å²) in [4.78, 5) is 2.11. The zero-order valence-electron chi connectivity index (χ0n) is 15.4. The van der Waals surface area contributed by atoms with Gasteiger partial charge in [0.1, 0.15) is 5.82 Å². The van der Waals surface area contributed by atoms with Crippen LogP contribution in [0.5, 0.6) is 0 Å². The van der Waals surface area contributed by atoms with Crippen molar-refractivity contribution in [1.82, 2.24) is 4.90 Å². The molecule has 2 aromatic rings. The second-order valence-corrected chi connectivity index (χ2v) is 8.90. The molecule has 5 nitrogen and oxygen atoms in total. The number of unbranched alkanes of at least 4 members (excludes halogenated alkanes) is 2. The second-order valence-electron chi connectivity index (χ2n) is 6.79. The van der Waals surface area contributed by atoms with Crippen LogP contribution in [0, 0.1) is 5.82 Å². The smallest absolute Gasteiger partial charge is 0.309 e. The molecule has 8 heteroatoms. The fraction of sp³-hybridized carbons (Fsp3) is 0.368. The molecule has 0 unspecified atom stereocenters. The van der Waals surface area contributed by atoms with Crippen molar-refractivity contribution in [2.24, 2.45) is 0 Å². The van der Waals surface area contributed by atoms with Gasteiger partial charge in [-0.2, -0.15) is 8.42 Å². The number of hydrogen-bond acceptors (Lipinski definition) is 3. The molecule has 0 saturated carbocycles. The molecule has 2 aromatic carbocycles. The number of rotatable bonds is 7. The van der Waals surface area contributed by atoms with Crippen molar-refractivity contribution >= 4 is 38.9 Å². The van der Waals surface area contributed by atoms with Gasteiger partial charge in [0.25, 0.3) is 0 Å². The molecule has 27 heavy (non-hydrogen) atoms. The van der Waals surface area contributed by atoms with Crippen molar-refractivity contribution in [2.75, 3.05) is 35.8 Å². The van der Waals surface area contributed by atoms with E-state index in [-0.39, 0.29) is 10.7 Å². The Hall–Kier alpha value is -1.83. The van der Waals surface area contributed by atoms with Crippen molar-refractivity contribution in [3.8, 4) is 0 Å². The quantitative estimate of drug-likeness (QED) is 0.634. The van der Waals surface area contributed by atoms with Gasteiger partial charge in [0.15, 0.2) is 0 Å². The minimum absolute atomic E-state index is 0.0567. The molecule has 0 amide bonds. The van der Waals surface area contributed by atoms with Crippen LogP contribution >= 0.6 is 11.6 Å².